The highest BCUT2D eigenvalue weighted by atomic mass is 16.3. The van der Waals surface area contributed by atoms with E-state index in [2.05, 4.69) is 21.6 Å². The molecular formula is C19H31N3O2. The Hall–Kier alpha value is -1.75. The van der Waals surface area contributed by atoms with Crippen LogP contribution in [0, 0.1) is 5.92 Å². The summed E-state index contributed by atoms with van der Waals surface area (Å²) in [5, 5.41) is 16.1. The molecule has 1 aliphatic rings. The molecule has 2 rings (SSSR count). The molecule has 3 N–H and O–H groups in total. The molecule has 1 aromatic rings. The van der Waals surface area contributed by atoms with E-state index >= 15 is 0 Å². The van der Waals surface area contributed by atoms with Gasteiger partial charge in [-0.3, -0.25) is 0 Å². The van der Waals surface area contributed by atoms with Crippen molar-refractivity contribution in [3.63, 3.8) is 0 Å². The van der Waals surface area contributed by atoms with E-state index in [1.54, 1.807) is 6.92 Å². The van der Waals surface area contributed by atoms with Crippen LogP contribution >= 0.6 is 0 Å². The van der Waals surface area contributed by atoms with Crippen molar-refractivity contribution in [1.82, 2.24) is 5.32 Å². The number of benzene rings is 1. The molecule has 5 nitrogen and oxygen atoms in total. The van der Waals surface area contributed by atoms with Crippen LogP contribution in [0.5, 0.6) is 0 Å². The van der Waals surface area contributed by atoms with E-state index in [1.165, 1.54) is 19.3 Å². The molecule has 1 fully saturated rings. The van der Waals surface area contributed by atoms with E-state index in [0.29, 0.717) is 0 Å². The van der Waals surface area contributed by atoms with Gasteiger partial charge in [-0.25, -0.2) is 4.79 Å². The van der Waals surface area contributed by atoms with Crippen LogP contribution in [0.15, 0.2) is 24.3 Å². The Labute approximate surface area is 145 Å². The molecule has 1 aromatic carbocycles. The van der Waals surface area contributed by atoms with Gasteiger partial charge in [0.1, 0.15) is 0 Å². The molecule has 0 bridgehead atoms. The summed E-state index contributed by atoms with van der Waals surface area (Å²) in [6.07, 6.45) is 4.53. The summed E-state index contributed by atoms with van der Waals surface area (Å²) < 4.78 is 0. The maximum absolute atomic E-state index is 12.3. The molecule has 0 spiro atoms. The van der Waals surface area contributed by atoms with Crippen LogP contribution in [0.3, 0.4) is 0 Å². The van der Waals surface area contributed by atoms with Gasteiger partial charge in [0.05, 0.1) is 17.0 Å². The molecule has 0 saturated carbocycles. The maximum Gasteiger partial charge on any atom is 0.319 e. The third kappa shape index (κ3) is 4.87. The van der Waals surface area contributed by atoms with E-state index < -0.39 is 5.60 Å². The summed E-state index contributed by atoms with van der Waals surface area (Å²) in [6.45, 7) is 8.09. The van der Waals surface area contributed by atoms with Crippen LogP contribution in [0.1, 0.15) is 46.5 Å². The van der Waals surface area contributed by atoms with Gasteiger partial charge in [0, 0.05) is 19.6 Å². The summed E-state index contributed by atoms with van der Waals surface area (Å²) in [5.74, 6) is 0.124. The summed E-state index contributed by atoms with van der Waals surface area (Å²) >= 11 is 0. The number of nitrogens with zero attached hydrogens (tertiary/aromatic N) is 1. The SMILES string of the molecule is CCC(C)C(C)(O)CNC(=O)Nc1ccccc1N1CCCCC1. The molecule has 5 heteroatoms. The summed E-state index contributed by atoms with van der Waals surface area (Å²) in [7, 11) is 0. The van der Waals surface area contributed by atoms with Crippen LogP contribution in [0.25, 0.3) is 0 Å². The number of hydrogen-bond acceptors (Lipinski definition) is 3. The molecule has 1 heterocycles. The molecule has 1 aliphatic heterocycles. The van der Waals surface area contributed by atoms with Gasteiger partial charge in [0.2, 0.25) is 0 Å². The minimum Gasteiger partial charge on any atom is -0.388 e. The van der Waals surface area contributed by atoms with Crippen LogP contribution in [-0.4, -0.2) is 36.4 Å². The molecule has 0 aliphatic carbocycles. The largest absolute Gasteiger partial charge is 0.388 e. The van der Waals surface area contributed by atoms with Crippen LogP contribution < -0.4 is 15.5 Å². The molecule has 24 heavy (non-hydrogen) atoms. The average molecular weight is 333 g/mol. The van der Waals surface area contributed by atoms with Gasteiger partial charge in [0.15, 0.2) is 0 Å². The first-order valence-electron chi connectivity index (χ1n) is 9.05. The van der Waals surface area contributed by atoms with Crippen LogP contribution in [0.4, 0.5) is 16.2 Å². The highest BCUT2D eigenvalue weighted by molar-refractivity contribution is 5.93. The zero-order valence-corrected chi connectivity index (χ0v) is 15.1. The van der Waals surface area contributed by atoms with Gasteiger partial charge in [-0.2, -0.15) is 0 Å². The van der Waals surface area contributed by atoms with Crippen molar-refractivity contribution in [1.29, 1.82) is 0 Å². The van der Waals surface area contributed by atoms with E-state index in [0.717, 1.165) is 30.9 Å². The third-order valence-corrected chi connectivity index (χ3v) is 5.13. The molecular weight excluding hydrogens is 302 g/mol. The molecule has 0 radical (unpaired) electrons. The number of para-hydroxylation sites is 2. The van der Waals surface area contributed by atoms with Crippen molar-refractivity contribution in [2.24, 2.45) is 5.92 Å². The van der Waals surface area contributed by atoms with Crippen molar-refractivity contribution in [3.05, 3.63) is 24.3 Å². The number of aliphatic hydroxyl groups is 1. The molecule has 2 atom stereocenters. The summed E-state index contributed by atoms with van der Waals surface area (Å²) in [6, 6.07) is 7.63. The predicted octanol–water partition coefficient (Wildman–Crippen LogP) is 3.60. The first-order valence-corrected chi connectivity index (χ1v) is 9.05. The van der Waals surface area contributed by atoms with Gasteiger partial charge in [0.25, 0.3) is 0 Å². The Balaban J connectivity index is 1.97. The lowest BCUT2D eigenvalue weighted by Crippen LogP contribution is -2.46. The maximum atomic E-state index is 12.3. The van der Waals surface area contributed by atoms with Gasteiger partial charge >= 0.3 is 6.03 Å². The second-order valence-corrected chi connectivity index (χ2v) is 7.04. The lowest BCUT2D eigenvalue weighted by Gasteiger charge is -2.31. The molecule has 0 aromatic heterocycles. The Kier molecular flexibility index (Phi) is 6.49. The second-order valence-electron chi connectivity index (χ2n) is 7.04. The van der Waals surface area contributed by atoms with Crippen molar-refractivity contribution in [3.8, 4) is 0 Å². The highest BCUT2D eigenvalue weighted by Crippen LogP contribution is 2.28. The van der Waals surface area contributed by atoms with Crippen molar-refractivity contribution in [2.45, 2.75) is 52.1 Å². The Morgan fingerprint density at radius 3 is 2.62 bits per heavy atom. The van der Waals surface area contributed by atoms with Crippen LogP contribution in [0.2, 0.25) is 0 Å². The quantitative estimate of drug-likeness (QED) is 0.745. The van der Waals surface area contributed by atoms with Crippen molar-refractivity contribution >= 4 is 17.4 Å². The minimum absolute atomic E-state index is 0.124. The van der Waals surface area contributed by atoms with Gasteiger partial charge in [-0.1, -0.05) is 32.4 Å². The fourth-order valence-electron chi connectivity index (χ4n) is 3.03. The molecule has 2 amide bonds. The standard InChI is InChI=1S/C19H31N3O2/c1-4-15(2)19(3,24)14-20-18(23)21-16-10-6-7-11-17(16)22-12-8-5-9-13-22/h6-7,10-11,15,24H,4-5,8-9,12-14H2,1-3H3,(H2,20,21,23). The number of amides is 2. The number of urea groups is 1. The van der Waals surface area contributed by atoms with Crippen molar-refractivity contribution < 1.29 is 9.90 Å². The number of rotatable bonds is 6. The van der Waals surface area contributed by atoms with E-state index in [-0.39, 0.29) is 18.5 Å². The smallest absolute Gasteiger partial charge is 0.319 e. The fraction of sp³-hybridized carbons (Fsp3) is 0.632. The summed E-state index contributed by atoms with van der Waals surface area (Å²) in [5.41, 5.74) is 0.986. The lowest BCUT2D eigenvalue weighted by atomic mass is 9.89. The van der Waals surface area contributed by atoms with E-state index in [1.807, 2.05) is 32.0 Å². The monoisotopic (exact) mass is 333 g/mol. The van der Waals surface area contributed by atoms with Gasteiger partial charge in [-0.05, 0) is 44.2 Å². The van der Waals surface area contributed by atoms with E-state index in [9.17, 15) is 9.90 Å². The topological polar surface area (TPSA) is 64.6 Å². The van der Waals surface area contributed by atoms with Gasteiger partial charge in [-0.15, -0.1) is 0 Å². The number of piperidine rings is 1. The van der Waals surface area contributed by atoms with Crippen LogP contribution in [-0.2, 0) is 0 Å². The summed E-state index contributed by atoms with van der Waals surface area (Å²) in [4.78, 5) is 14.6. The third-order valence-electron chi connectivity index (χ3n) is 5.13. The Morgan fingerprint density at radius 2 is 1.96 bits per heavy atom. The zero-order chi connectivity index (χ0) is 17.6. The number of carbonyl (C=O) groups excluding carboxylic acids is 1. The zero-order valence-electron chi connectivity index (χ0n) is 15.1. The Morgan fingerprint density at radius 1 is 1.29 bits per heavy atom. The van der Waals surface area contributed by atoms with Gasteiger partial charge < -0.3 is 20.6 Å². The van der Waals surface area contributed by atoms with E-state index in [4.69, 9.17) is 0 Å². The first-order chi connectivity index (χ1) is 11.4. The fourth-order valence-corrected chi connectivity index (χ4v) is 3.03. The minimum atomic E-state index is -0.904. The molecule has 1 saturated heterocycles. The predicted molar refractivity (Wildman–Crippen MR) is 99.6 cm³/mol. The normalized spacial score (nSPS) is 18.6. The first kappa shape index (κ1) is 18.6. The Bertz CT molecular complexity index is 539. The highest BCUT2D eigenvalue weighted by Gasteiger charge is 2.27. The van der Waals surface area contributed by atoms with Crippen molar-refractivity contribution in [2.75, 3.05) is 29.9 Å². The second kappa shape index (κ2) is 8.38. The molecule has 2 unspecified atom stereocenters. The number of nitrogens with one attached hydrogen (secondary N) is 2. The average Bonchev–Trinajstić information content (AvgIpc) is 2.60. The number of carbonyl (C=O) groups is 1. The molecule has 134 valence electrons. The lowest BCUT2D eigenvalue weighted by molar-refractivity contribution is 0.00827. The number of hydrogen-bond donors (Lipinski definition) is 3. The number of anilines is 2.